The van der Waals surface area contributed by atoms with E-state index in [1.165, 1.54) is 0 Å². The first kappa shape index (κ1) is 18.6. The molecular weight excluding hydrogens is 399 g/mol. The van der Waals surface area contributed by atoms with E-state index in [9.17, 15) is 17.6 Å². The standard InChI is InChI=1S/C16H16BrFN2O3S/c1-2-15(16(21)19-13-7-3-11(17)4-8-13)20-24(22,23)14-9-5-12(18)6-10-14/h3-10,15,20H,2H2,1H3,(H,19,21). The van der Waals surface area contributed by atoms with Gasteiger partial charge in [-0.3, -0.25) is 4.79 Å². The largest absolute Gasteiger partial charge is 0.325 e. The van der Waals surface area contributed by atoms with Gasteiger partial charge in [0.2, 0.25) is 15.9 Å². The molecule has 0 heterocycles. The van der Waals surface area contributed by atoms with Gasteiger partial charge >= 0.3 is 0 Å². The Morgan fingerprint density at radius 3 is 2.25 bits per heavy atom. The molecule has 0 aliphatic heterocycles. The van der Waals surface area contributed by atoms with Crippen molar-refractivity contribution >= 4 is 37.5 Å². The molecule has 1 atom stereocenters. The molecule has 0 aromatic heterocycles. The summed E-state index contributed by atoms with van der Waals surface area (Å²) in [6, 6.07) is 10.4. The van der Waals surface area contributed by atoms with Crippen molar-refractivity contribution in [1.29, 1.82) is 0 Å². The van der Waals surface area contributed by atoms with Gasteiger partial charge in [0, 0.05) is 10.2 Å². The van der Waals surface area contributed by atoms with Crippen LogP contribution in [0, 0.1) is 5.82 Å². The number of hydrogen-bond acceptors (Lipinski definition) is 3. The summed E-state index contributed by atoms with van der Waals surface area (Å²) in [5.74, 6) is -1.00. The Kier molecular flexibility index (Phi) is 6.09. The molecule has 0 radical (unpaired) electrons. The van der Waals surface area contributed by atoms with E-state index in [0.29, 0.717) is 5.69 Å². The van der Waals surface area contributed by atoms with Crippen molar-refractivity contribution < 1.29 is 17.6 Å². The van der Waals surface area contributed by atoms with Crippen LogP contribution in [0.1, 0.15) is 13.3 Å². The predicted molar refractivity (Wildman–Crippen MR) is 93.6 cm³/mol. The highest BCUT2D eigenvalue weighted by Gasteiger charge is 2.24. The molecule has 128 valence electrons. The minimum Gasteiger partial charge on any atom is -0.325 e. The molecule has 0 fully saturated rings. The number of benzene rings is 2. The molecule has 0 saturated carbocycles. The van der Waals surface area contributed by atoms with Crippen molar-refractivity contribution in [2.75, 3.05) is 5.32 Å². The summed E-state index contributed by atoms with van der Waals surface area (Å²) in [7, 11) is -3.92. The topological polar surface area (TPSA) is 75.3 Å². The number of halogens is 2. The van der Waals surface area contributed by atoms with Crippen LogP contribution in [0.2, 0.25) is 0 Å². The van der Waals surface area contributed by atoms with E-state index >= 15 is 0 Å². The zero-order chi connectivity index (χ0) is 17.7. The van der Waals surface area contributed by atoms with Crippen molar-refractivity contribution in [2.45, 2.75) is 24.3 Å². The lowest BCUT2D eigenvalue weighted by Gasteiger charge is -2.17. The second-order valence-corrected chi connectivity index (χ2v) is 7.66. The molecule has 2 aromatic carbocycles. The van der Waals surface area contributed by atoms with E-state index in [4.69, 9.17) is 0 Å². The van der Waals surface area contributed by atoms with Crippen LogP contribution in [0.3, 0.4) is 0 Å². The van der Waals surface area contributed by atoms with E-state index in [2.05, 4.69) is 26.0 Å². The number of sulfonamides is 1. The fourth-order valence-electron chi connectivity index (χ4n) is 1.95. The molecule has 0 saturated heterocycles. The van der Waals surface area contributed by atoms with Crippen LogP contribution in [-0.2, 0) is 14.8 Å². The molecule has 1 unspecified atom stereocenters. The Morgan fingerprint density at radius 2 is 1.71 bits per heavy atom. The minimum absolute atomic E-state index is 0.0983. The number of rotatable bonds is 6. The maximum absolute atomic E-state index is 12.9. The maximum Gasteiger partial charge on any atom is 0.242 e. The summed E-state index contributed by atoms with van der Waals surface area (Å²) in [5, 5.41) is 2.66. The fourth-order valence-corrected chi connectivity index (χ4v) is 3.50. The van der Waals surface area contributed by atoms with Gasteiger partial charge in [0.25, 0.3) is 0 Å². The Balaban J connectivity index is 2.11. The van der Waals surface area contributed by atoms with Crippen LogP contribution in [0.25, 0.3) is 0 Å². The third kappa shape index (κ3) is 4.86. The van der Waals surface area contributed by atoms with Crippen LogP contribution < -0.4 is 10.0 Å². The Bertz CT molecular complexity index is 808. The van der Waals surface area contributed by atoms with Crippen LogP contribution in [-0.4, -0.2) is 20.4 Å². The molecular formula is C16H16BrFN2O3S. The summed E-state index contributed by atoms with van der Waals surface area (Å²) in [6.45, 7) is 1.69. The Hall–Kier alpha value is -1.77. The fraction of sp³-hybridized carbons (Fsp3) is 0.188. The normalized spacial score (nSPS) is 12.6. The van der Waals surface area contributed by atoms with Gasteiger partial charge in [-0.05, 0) is 55.0 Å². The van der Waals surface area contributed by atoms with Crippen LogP contribution in [0.5, 0.6) is 0 Å². The second-order valence-electron chi connectivity index (χ2n) is 5.03. The highest BCUT2D eigenvalue weighted by Crippen LogP contribution is 2.15. The van der Waals surface area contributed by atoms with E-state index in [1.54, 1.807) is 31.2 Å². The quantitative estimate of drug-likeness (QED) is 0.761. The molecule has 0 spiro atoms. The third-order valence-electron chi connectivity index (χ3n) is 3.26. The van der Waals surface area contributed by atoms with E-state index in [0.717, 1.165) is 28.7 Å². The van der Waals surface area contributed by atoms with E-state index < -0.39 is 27.8 Å². The highest BCUT2D eigenvalue weighted by atomic mass is 79.9. The second kappa shape index (κ2) is 7.87. The van der Waals surface area contributed by atoms with Crippen molar-refractivity contribution in [3.05, 3.63) is 58.8 Å². The van der Waals surface area contributed by atoms with Crippen molar-refractivity contribution in [2.24, 2.45) is 0 Å². The minimum atomic E-state index is -3.92. The lowest BCUT2D eigenvalue weighted by atomic mass is 10.2. The average molecular weight is 415 g/mol. The lowest BCUT2D eigenvalue weighted by Crippen LogP contribution is -2.43. The van der Waals surface area contributed by atoms with Gasteiger partial charge < -0.3 is 5.32 Å². The smallest absolute Gasteiger partial charge is 0.242 e. The molecule has 2 aromatic rings. The number of carbonyl (C=O) groups excluding carboxylic acids is 1. The van der Waals surface area contributed by atoms with Crippen LogP contribution in [0.15, 0.2) is 57.9 Å². The van der Waals surface area contributed by atoms with Crippen LogP contribution in [0.4, 0.5) is 10.1 Å². The number of anilines is 1. The average Bonchev–Trinajstić information content (AvgIpc) is 2.55. The van der Waals surface area contributed by atoms with Gasteiger partial charge in [-0.25, -0.2) is 12.8 Å². The SMILES string of the molecule is CCC(NS(=O)(=O)c1ccc(F)cc1)C(=O)Nc1ccc(Br)cc1. The van der Waals surface area contributed by atoms with Gasteiger partial charge in [0.15, 0.2) is 0 Å². The van der Waals surface area contributed by atoms with E-state index in [-0.39, 0.29) is 11.3 Å². The summed E-state index contributed by atoms with van der Waals surface area (Å²) >= 11 is 3.29. The predicted octanol–water partition coefficient (Wildman–Crippen LogP) is 3.28. The van der Waals surface area contributed by atoms with Crippen LogP contribution >= 0.6 is 15.9 Å². The van der Waals surface area contributed by atoms with Gasteiger partial charge in [-0.1, -0.05) is 22.9 Å². The summed E-state index contributed by atoms with van der Waals surface area (Å²) in [4.78, 5) is 12.2. The number of nitrogens with one attached hydrogen (secondary N) is 2. The van der Waals surface area contributed by atoms with Crippen molar-refractivity contribution in [3.8, 4) is 0 Å². The summed E-state index contributed by atoms with van der Waals surface area (Å²) in [6.07, 6.45) is 0.267. The molecule has 0 aliphatic carbocycles. The zero-order valence-electron chi connectivity index (χ0n) is 12.8. The number of amides is 1. The van der Waals surface area contributed by atoms with Gasteiger partial charge in [-0.2, -0.15) is 4.72 Å². The van der Waals surface area contributed by atoms with Gasteiger partial charge in [-0.15, -0.1) is 0 Å². The Labute approximate surface area is 148 Å². The maximum atomic E-state index is 12.9. The highest BCUT2D eigenvalue weighted by molar-refractivity contribution is 9.10. The molecule has 24 heavy (non-hydrogen) atoms. The summed E-state index contributed by atoms with van der Waals surface area (Å²) in [5.41, 5.74) is 0.558. The molecule has 5 nitrogen and oxygen atoms in total. The number of hydrogen-bond donors (Lipinski definition) is 2. The first-order chi connectivity index (χ1) is 11.3. The monoisotopic (exact) mass is 414 g/mol. The molecule has 1 amide bonds. The first-order valence-electron chi connectivity index (χ1n) is 7.16. The lowest BCUT2D eigenvalue weighted by molar-refractivity contribution is -0.117. The Morgan fingerprint density at radius 1 is 1.12 bits per heavy atom. The van der Waals surface area contributed by atoms with Crippen molar-refractivity contribution in [1.82, 2.24) is 4.72 Å². The van der Waals surface area contributed by atoms with Gasteiger partial charge in [0.05, 0.1) is 4.90 Å². The first-order valence-corrected chi connectivity index (χ1v) is 9.44. The molecule has 8 heteroatoms. The summed E-state index contributed by atoms with van der Waals surface area (Å²) < 4.78 is 40.7. The molecule has 2 N–H and O–H groups in total. The number of carbonyl (C=O) groups is 1. The van der Waals surface area contributed by atoms with E-state index in [1.807, 2.05) is 0 Å². The van der Waals surface area contributed by atoms with Crippen molar-refractivity contribution in [3.63, 3.8) is 0 Å². The van der Waals surface area contributed by atoms with Gasteiger partial charge in [0.1, 0.15) is 11.9 Å². The molecule has 2 rings (SSSR count). The third-order valence-corrected chi connectivity index (χ3v) is 5.27. The zero-order valence-corrected chi connectivity index (χ0v) is 15.2. The molecule has 0 aliphatic rings. The molecule has 0 bridgehead atoms.